The van der Waals surface area contributed by atoms with Crippen molar-refractivity contribution in [2.75, 3.05) is 6.26 Å². The maximum absolute atomic E-state index is 4.95. The minimum Gasteiger partial charge on any atom is -0.262 e. The van der Waals surface area contributed by atoms with Gasteiger partial charge in [0.2, 0.25) is 0 Å². The van der Waals surface area contributed by atoms with Gasteiger partial charge in [-0.25, -0.2) is 0 Å². The van der Waals surface area contributed by atoms with Gasteiger partial charge in [-0.05, 0) is 24.6 Å². The zero-order chi connectivity index (χ0) is 9.68. The highest BCUT2D eigenvalue weighted by atomic mass is 32.2. The maximum atomic E-state index is 4.95. The van der Waals surface area contributed by atoms with Crippen LogP contribution in [0.4, 0.5) is 0 Å². The molecule has 70 valence electrons. The normalized spacial score (nSPS) is 11.4. The van der Waals surface area contributed by atoms with Crippen LogP contribution >= 0.6 is 35.3 Å². The molecule has 1 aromatic heterocycles. The van der Waals surface area contributed by atoms with E-state index in [-0.39, 0.29) is 0 Å². The first kappa shape index (κ1) is 10.7. The summed E-state index contributed by atoms with van der Waals surface area (Å²) in [5, 5.41) is 6.18. The molecule has 0 unspecified atom stereocenters. The van der Waals surface area contributed by atoms with Gasteiger partial charge in [-0.2, -0.15) is 5.10 Å². The Morgan fingerprint density at radius 3 is 3.00 bits per heavy atom. The molecule has 0 aliphatic rings. The quantitative estimate of drug-likeness (QED) is 0.480. The summed E-state index contributed by atoms with van der Waals surface area (Å²) in [4.78, 5) is 1.16. The molecule has 0 saturated heterocycles. The zero-order valence-electron chi connectivity index (χ0n) is 7.40. The summed E-state index contributed by atoms with van der Waals surface area (Å²) >= 11 is 8.10. The van der Waals surface area contributed by atoms with Crippen molar-refractivity contribution in [3.63, 3.8) is 0 Å². The number of nitrogens with zero attached hydrogens (tertiary/aromatic N) is 1. The number of thiophene rings is 1. The summed E-state index contributed by atoms with van der Waals surface area (Å²) in [6.45, 7) is 1.96. The van der Waals surface area contributed by atoms with E-state index in [1.54, 1.807) is 11.3 Å². The topological polar surface area (TPSA) is 24.4 Å². The number of hydrazone groups is 1. The molecule has 0 saturated carbocycles. The monoisotopic (exact) mass is 230 g/mol. The van der Waals surface area contributed by atoms with Gasteiger partial charge in [0.05, 0.1) is 5.71 Å². The zero-order valence-corrected chi connectivity index (χ0v) is 9.85. The Kier molecular flexibility index (Phi) is 4.41. The Balaban J connectivity index is 2.57. The minimum absolute atomic E-state index is 0.691. The number of rotatable bonds is 2. The highest BCUT2D eigenvalue weighted by Gasteiger charge is 1.97. The second-order valence-corrected chi connectivity index (χ2v) is 4.71. The van der Waals surface area contributed by atoms with E-state index in [0.29, 0.717) is 4.32 Å². The maximum Gasteiger partial charge on any atom is 0.153 e. The number of hydrogen-bond acceptors (Lipinski definition) is 4. The van der Waals surface area contributed by atoms with E-state index < -0.39 is 0 Å². The van der Waals surface area contributed by atoms with Gasteiger partial charge in [0.15, 0.2) is 4.32 Å². The Hall–Kier alpha value is -0.390. The van der Waals surface area contributed by atoms with E-state index in [4.69, 9.17) is 12.2 Å². The summed E-state index contributed by atoms with van der Waals surface area (Å²) in [5.74, 6) is 0. The molecule has 0 amide bonds. The molecule has 1 rings (SSSR count). The highest BCUT2D eigenvalue weighted by molar-refractivity contribution is 8.22. The summed E-state index contributed by atoms with van der Waals surface area (Å²) in [6.07, 6.45) is 1.92. The third-order valence-corrected chi connectivity index (χ3v) is 3.41. The van der Waals surface area contributed by atoms with Crippen LogP contribution in [-0.2, 0) is 0 Å². The van der Waals surface area contributed by atoms with Crippen LogP contribution in [0.15, 0.2) is 22.6 Å². The molecule has 13 heavy (non-hydrogen) atoms. The lowest BCUT2D eigenvalue weighted by molar-refractivity contribution is 1.06. The molecule has 0 atom stereocenters. The lowest BCUT2D eigenvalue weighted by Crippen LogP contribution is -2.12. The fourth-order valence-electron chi connectivity index (χ4n) is 0.715. The van der Waals surface area contributed by atoms with Crippen molar-refractivity contribution >= 4 is 45.3 Å². The number of nitrogens with one attached hydrogen (secondary N) is 1. The van der Waals surface area contributed by atoms with Crippen LogP contribution in [0.25, 0.3) is 0 Å². The van der Waals surface area contributed by atoms with E-state index in [9.17, 15) is 0 Å². The summed E-state index contributed by atoms with van der Waals surface area (Å²) in [7, 11) is 0. The molecule has 0 aliphatic carbocycles. The first-order chi connectivity index (χ1) is 6.24. The van der Waals surface area contributed by atoms with Gasteiger partial charge in [-0.1, -0.05) is 30.0 Å². The van der Waals surface area contributed by atoms with Crippen molar-refractivity contribution < 1.29 is 0 Å². The predicted molar refractivity (Wildman–Crippen MR) is 65.8 cm³/mol. The highest BCUT2D eigenvalue weighted by Crippen LogP contribution is 2.09. The molecule has 1 heterocycles. The van der Waals surface area contributed by atoms with Gasteiger partial charge in [0.25, 0.3) is 0 Å². The van der Waals surface area contributed by atoms with Crippen molar-refractivity contribution in [2.24, 2.45) is 5.10 Å². The molecule has 2 nitrogen and oxygen atoms in total. The molecular weight excluding hydrogens is 220 g/mol. The Morgan fingerprint density at radius 2 is 2.46 bits per heavy atom. The van der Waals surface area contributed by atoms with Crippen LogP contribution in [0.1, 0.15) is 11.8 Å². The Labute approximate surface area is 91.4 Å². The number of hydrogen-bond donors (Lipinski definition) is 1. The van der Waals surface area contributed by atoms with Gasteiger partial charge >= 0.3 is 0 Å². The molecule has 0 aromatic carbocycles. The standard InChI is InChI=1S/C8H10N2S3/c1-6(7-4-3-5-13-7)9-10-8(11)12-2/h3-5H,1-2H3,(H,10,11)/b9-6-. The minimum atomic E-state index is 0.691. The Morgan fingerprint density at radius 1 is 1.69 bits per heavy atom. The molecular formula is C8H10N2S3. The average molecular weight is 230 g/mol. The molecule has 0 bridgehead atoms. The number of thiocarbonyl (C=S) groups is 1. The van der Waals surface area contributed by atoms with E-state index >= 15 is 0 Å². The van der Waals surface area contributed by atoms with Crippen LogP contribution in [0.5, 0.6) is 0 Å². The van der Waals surface area contributed by atoms with Crippen LogP contribution in [0.3, 0.4) is 0 Å². The van der Waals surface area contributed by atoms with Crippen molar-refractivity contribution in [1.29, 1.82) is 0 Å². The fourth-order valence-corrected chi connectivity index (χ4v) is 1.57. The average Bonchev–Trinajstić information content (AvgIpc) is 2.66. The second kappa shape index (κ2) is 5.36. The van der Waals surface area contributed by atoms with Crippen LogP contribution in [0, 0.1) is 0 Å². The smallest absolute Gasteiger partial charge is 0.153 e. The lowest BCUT2D eigenvalue weighted by Gasteiger charge is -1.99. The van der Waals surface area contributed by atoms with Crippen LogP contribution in [-0.4, -0.2) is 16.3 Å². The Bertz CT molecular complexity index is 303. The largest absolute Gasteiger partial charge is 0.262 e. The predicted octanol–water partition coefficient (Wildman–Crippen LogP) is 2.71. The lowest BCUT2D eigenvalue weighted by atomic mass is 10.3. The van der Waals surface area contributed by atoms with Crippen molar-refractivity contribution in [3.05, 3.63) is 22.4 Å². The molecule has 0 fully saturated rings. The second-order valence-electron chi connectivity index (χ2n) is 2.28. The van der Waals surface area contributed by atoms with Gasteiger partial charge in [-0.3, -0.25) is 5.43 Å². The van der Waals surface area contributed by atoms with Crippen LogP contribution < -0.4 is 5.43 Å². The SMILES string of the molecule is CSC(=S)N/N=C(/C)c1cccs1. The molecule has 0 radical (unpaired) electrons. The molecule has 5 heteroatoms. The number of thioether (sulfide) groups is 1. The molecule has 1 N–H and O–H groups in total. The molecule has 0 spiro atoms. The summed E-state index contributed by atoms with van der Waals surface area (Å²) in [6, 6.07) is 4.04. The van der Waals surface area contributed by atoms with Gasteiger partial charge in [0.1, 0.15) is 0 Å². The molecule has 1 aromatic rings. The van der Waals surface area contributed by atoms with Crippen molar-refractivity contribution in [2.45, 2.75) is 6.92 Å². The third-order valence-electron chi connectivity index (χ3n) is 1.38. The fraction of sp³-hybridized carbons (Fsp3) is 0.250. The van der Waals surface area contributed by atoms with Crippen molar-refractivity contribution in [3.8, 4) is 0 Å². The van der Waals surface area contributed by atoms with Crippen LogP contribution in [0.2, 0.25) is 0 Å². The van der Waals surface area contributed by atoms with Gasteiger partial charge in [0, 0.05) is 4.88 Å². The first-order valence-electron chi connectivity index (χ1n) is 3.66. The summed E-state index contributed by atoms with van der Waals surface area (Å²) < 4.78 is 0.691. The van der Waals surface area contributed by atoms with Gasteiger partial charge < -0.3 is 0 Å². The van der Waals surface area contributed by atoms with Crippen molar-refractivity contribution in [1.82, 2.24) is 5.43 Å². The summed E-state index contributed by atoms with van der Waals surface area (Å²) in [5.41, 5.74) is 3.77. The van der Waals surface area contributed by atoms with E-state index in [0.717, 1.165) is 10.6 Å². The van der Waals surface area contributed by atoms with E-state index in [2.05, 4.69) is 10.5 Å². The van der Waals surface area contributed by atoms with Gasteiger partial charge in [-0.15, -0.1) is 11.3 Å². The van der Waals surface area contributed by atoms with E-state index in [1.165, 1.54) is 11.8 Å². The van der Waals surface area contributed by atoms with E-state index in [1.807, 2.05) is 30.7 Å². The first-order valence-corrected chi connectivity index (χ1v) is 6.17. The third kappa shape index (κ3) is 3.46. The molecule has 0 aliphatic heterocycles.